The van der Waals surface area contributed by atoms with Gasteiger partial charge in [0.1, 0.15) is 10.8 Å². The number of carbonyl (C=O) groups is 1. The lowest BCUT2D eigenvalue weighted by Gasteiger charge is -2.31. The number of carbonyl (C=O) groups excluding carboxylic acids is 1. The predicted octanol–water partition coefficient (Wildman–Crippen LogP) is 6.41. The summed E-state index contributed by atoms with van der Waals surface area (Å²) in [5.74, 6) is -1.18. The molecule has 6 heteroatoms. The van der Waals surface area contributed by atoms with Crippen molar-refractivity contribution in [2.75, 3.05) is 13.7 Å². The second-order valence-electron chi connectivity index (χ2n) is 7.17. The molecule has 1 aliphatic rings. The minimum Gasteiger partial charge on any atom is -0.496 e. The van der Waals surface area contributed by atoms with Crippen molar-refractivity contribution in [3.05, 3.63) is 50.7 Å². The Morgan fingerprint density at radius 3 is 2.62 bits per heavy atom. The highest BCUT2D eigenvalue weighted by Gasteiger charge is 2.34. The van der Waals surface area contributed by atoms with E-state index in [-0.39, 0.29) is 11.0 Å². The Morgan fingerprint density at radius 1 is 1.35 bits per heavy atom. The lowest BCUT2D eigenvalue weighted by Crippen LogP contribution is -2.28. The third-order valence-electron chi connectivity index (χ3n) is 4.12. The Morgan fingerprint density at radius 2 is 2.04 bits per heavy atom. The van der Waals surface area contributed by atoms with Crippen molar-refractivity contribution >= 4 is 29.1 Å². The SMILES string of the molecule is CCCCN1C(C(C)(C)C)=CS/C1=C(/F)C(=O)c1cc(Cl)ccc1OC. The summed E-state index contributed by atoms with van der Waals surface area (Å²) in [6.45, 7) is 9.02. The topological polar surface area (TPSA) is 29.5 Å². The van der Waals surface area contributed by atoms with E-state index in [1.165, 1.54) is 24.9 Å². The molecule has 0 spiro atoms. The van der Waals surface area contributed by atoms with E-state index in [1.54, 1.807) is 12.1 Å². The molecule has 0 saturated carbocycles. The summed E-state index contributed by atoms with van der Waals surface area (Å²) in [6, 6.07) is 4.62. The van der Waals surface area contributed by atoms with Gasteiger partial charge in [0.05, 0.1) is 12.7 Å². The summed E-state index contributed by atoms with van der Waals surface area (Å²) in [6.07, 6.45) is 1.91. The smallest absolute Gasteiger partial charge is 0.227 e. The van der Waals surface area contributed by atoms with Crippen LogP contribution in [-0.4, -0.2) is 24.3 Å². The zero-order chi connectivity index (χ0) is 19.5. The molecule has 1 aromatic rings. The molecule has 0 saturated heterocycles. The second-order valence-corrected chi connectivity index (χ2v) is 8.46. The lowest BCUT2D eigenvalue weighted by molar-refractivity contribution is 0.0997. The van der Waals surface area contributed by atoms with Crippen molar-refractivity contribution in [2.45, 2.75) is 40.5 Å². The number of rotatable bonds is 6. The molecule has 1 aliphatic heterocycles. The van der Waals surface area contributed by atoms with Gasteiger partial charge in [0.2, 0.25) is 11.6 Å². The van der Waals surface area contributed by atoms with E-state index < -0.39 is 11.6 Å². The normalized spacial score (nSPS) is 16.6. The molecule has 0 atom stereocenters. The molecule has 0 amide bonds. The number of halogens is 2. The molecule has 0 aromatic heterocycles. The number of Topliss-reactive ketones (excluding diaryl/α,β-unsaturated/α-hetero) is 1. The molecule has 0 radical (unpaired) electrons. The van der Waals surface area contributed by atoms with E-state index >= 15 is 4.39 Å². The maximum atomic E-state index is 15.2. The highest BCUT2D eigenvalue weighted by molar-refractivity contribution is 8.06. The van der Waals surface area contributed by atoms with Gasteiger partial charge < -0.3 is 9.64 Å². The Labute approximate surface area is 164 Å². The van der Waals surface area contributed by atoms with Crippen molar-refractivity contribution in [1.29, 1.82) is 0 Å². The van der Waals surface area contributed by atoms with E-state index in [9.17, 15) is 4.79 Å². The number of unbranched alkanes of at least 4 members (excludes halogenated alkanes) is 1. The molecular formula is C20H25ClFNO2S. The number of thioether (sulfide) groups is 1. The molecular weight excluding hydrogens is 373 g/mol. The van der Waals surface area contributed by atoms with Gasteiger partial charge in [-0.2, -0.15) is 4.39 Å². The Bertz CT molecular complexity index is 753. The van der Waals surface area contributed by atoms with Gasteiger partial charge in [0, 0.05) is 22.7 Å². The summed E-state index contributed by atoms with van der Waals surface area (Å²) >= 11 is 7.25. The minimum absolute atomic E-state index is 0.130. The molecule has 0 aliphatic carbocycles. The molecule has 1 aromatic carbocycles. The molecule has 0 unspecified atom stereocenters. The summed E-state index contributed by atoms with van der Waals surface area (Å²) < 4.78 is 20.4. The number of methoxy groups -OCH3 is 1. The summed E-state index contributed by atoms with van der Waals surface area (Å²) in [5, 5.41) is 2.64. The van der Waals surface area contributed by atoms with Gasteiger partial charge in [-0.1, -0.05) is 57.5 Å². The number of hydrogen-bond donors (Lipinski definition) is 0. The Kier molecular flexibility index (Phi) is 6.80. The van der Waals surface area contributed by atoms with E-state index in [0.29, 0.717) is 22.3 Å². The van der Waals surface area contributed by atoms with Gasteiger partial charge >= 0.3 is 0 Å². The fourth-order valence-electron chi connectivity index (χ4n) is 2.71. The van der Waals surface area contributed by atoms with Crippen LogP contribution >= 0.6 is 23.4 Å². The van der Waals surface area contributed by atoms with Crippen LogP contribution in [0.4, 0.5) is 4.39 Å². The van der Waals surface area contributed by atoms with E-state index in [0.717, 1.165) is 18.5 Å². The van der Waals surface area contributed by atoms with E-state index in [4.69, 9.17) is 16.3 Å². The van der Waals surface area contributed by atoms with Crippen molar-refractivity contribution in [3.8, 4) is 5.75 Å². The first-order chi connectivity index (χ1) is 12.2. The summed E-state index contributed by atoms with van der Waals surface area (Å²) in [7, 11) is 1.45. The molecule has 0 bridgehead atoms. The zero-order valence-corrected chi connectivity index (χ0v) is 17.4. The molecule has 0 fully saturated rings. The van der Waals surface area contributed by atoms with E-state index in [2.05, 4.69) is 27.7 Å². The highest BCUT2D eigenvalue weighted by atomic mass is 35.5. The first-order valence-electron chi connectivity index (χ1n) is 8.63. The average Bonchev–Trinajstić information content (AvgIpc) is 3.02. The third kappa shape index (κ3) is 4.44. The number of hydrogen-bond acceptors (Lipinski definition) is 4. The number of ether oxygens (including phenoxy) is 1. The quantitative estimate of drug-likeness (QED) is 0.410. The van der Waals surface area contributed by atoms with Gasteiger partial charge in [-0.15, -0.1) is 0 Å². The number of ketones is 1. The number of allylic oxidation sites excluding steroid dienone is 2. The maximum Gasteiger partial charge on any atom is 0.227 e. The largest absolute Gasteiger partial charge is 0.496 e. The molecule has 26 heavy (non-hydrogen) atoms. The van der Waals surface area contributed by atoms with Crippen LogP contribution in [0.5, 0.6) is 5.75 Å². The zero-order valence-electron chi connectivity index (χ0n) is 15.9. The van der Waals surface area contributed by atoms with Crippen LogP contribution in [0.3, 0.4) is 0 Å². The average molecular weight is 398 g/mol. The van der Waals surface area contributed by atoms with Crippen LogP contribution in [0.15, 0.2) is 40.2 Å². The first kappa shape index (κ1) is 20.8. The van der Waals surface area contributed by atoms with Crippen molar-refractivity contribution in [2.24, 2.45) is 5.41 Å². The Hall–Kier alpha value is -1.46. The van der Waals surface area contributed by atoms with Crippen LogP contribution in [-0.2, 0) is 0 Å². The predicted molar refractivity (Wildman–Crippen MR) is 107 cm³/mol. The van der Waals surface area contributed by atoms with Crippen LogP contribution in [0.2, 0.25) is 5.02 Å². The summed E-state index contributed by atoms with van der Waals surface area (Å²) in [5.41, 5.74) is 1.01. The van der Waals surface area contributed by atoms with Gasteiger partial charge in [-0.25, -0.2) is 0 Å². The molecule has 2 rings (SSSR count). The Balaban J connectivity index is 2.44. The fraction of sp³-hybridized carbons (Fsp3) is 0.450. The van der Waals surface area contributed by atoms with Gasteiger partial charge in [0.15, 0.2) is 0 Å². The van der Waals surface area contributed by atoms with Gasteiger partial charge in [-0.3, -0.25) is 4.79 Å². The maximum absolute atomic E-state index is 15.2. The van der Waals surface area contributed by atoms with E-state index in [1.807, 2.05) is 10.3 Å². The van der Waals surface area contributed by atoms with Crippen molar-refractivity contribution in [1.82, 2.24) is 4.90 Å². The van der Waals surface area contributed by atoms with Crippen molar-refractivity contribution in [3.63, 3.8) is 0 Å². The van der Waals surface area contributed by atoms with Gasteiger partial charge in [-0.05, 0) is 30.0 Å². The minimum atomic E-state index is -0.776. The first-order valence-corrected chi connectivity index (χ1v) is 9.89. The molecule has 0 N–H and O–H groups in total. The van der Waals surface area contributed by atoms with Crippen molar-refractivity contribution < 1.29 is 13.9 Å². The fourth-order valence-corrected chi connectivity index (χ4v) is 4.10. The monoisotopic (exact) mass is 397 g/mol. The number of benzene rings is 1. The molecule has 3 nitrogen and oxygen atoms in total. The highest BCUT2D eigenvalue weighted by Crippen LogP contribution is 2.45. The second kappa shape index (κ2) is 8.49. The van der Waals surface area contributed by atoms with Crippen LogP contribution in [0, 0.1) is 5.41 Å². The van der Waals surface area contributed by atoms with Gasteiger partial charge in [0.25, 0.3) is 0 Å². The van der Waals surface area contributed by atoms with Crippen LogP contribution < -0.4 is 4.74 Å². The van der Waals surface area contributed by atoms with Crippen LogP contribution in [0.25, 0.3) is 0 Å². The standard InChI is InChI=1S/C20H25ClFNO2S/c1-6-7-10-23-16(20(2,3)4)12-26-19(23)17(22)18(24)14-11-13(21)8-9-15(14)25-5/h8-9,11-12H,6-7,10H2,1-5H3/b19-17+. The molecule has 1 heterocycles. The number of nitrogens with zero attached hydrogens (tertiary/aromatic N) is 1. The van der Waals surface area contributed by atoms with Crippen LogP contribution in [0.1, 0.15) is 50.9 Å². The third-order valence-corrected chi connectivity index (χ3v) is 5.31. The summed E-state index contributed by atoms with van der Waals surface area (Å²) in [4.78, 5) is 14.7. The molecule has 142 valence electrons. The lowest BCUT2D eigenvalue weighted by atomic mass is 9.92.